The number of alkyl halides is 3. The number of urea groups is 1. The summed E-state index contributed by atoms with van der Waals surface area (Å²) in [6.45, 7) is 2.94. The molecule has 1 saturated heterocycles. The molecule has 2 amide bonds. The van der Waals surface area contributed by atoms with Crippen LogP contribution in [-0.2, 0) is 6.18 Å². The van der Waals surface area contributed by atoms with E-state index in [9.17, 15) is 18.0 Å². The highest BCUT2D eigenvalue weighted by Gasteiger charge is 2.32. The number of nitrogens with zero attached hydrogens (tertiary/aromatic N) is 3. The number of β-amino-alcohol motifs (C(OH)–C–C–N with tert-alkyl or cyclic N) is 1. The number of anilines is 1. The van der Waals surface area contributed by atoms with Gasteiger partial charge in [0.2, 0.25) is 0 Å². The molecule has 6 nitrogen and oxygen atoms in total. The fourth-order valence-electron chi connectivity index (χ4n) is 2.15. The number of aliphatic hydroxyl groups is 1. The van der Waals surface area contributed by atoms with E-state index in [0.717, 1.165) is 12.3 Å². The van der Waals surface area contributed by atoms with E-state index in [0.29, 0.717) is 32.7 Å². The van der Waals surface area contributed by atoms with E-state index >= 15 is 0 Å². The van der Waals surface area contributed by atoms with Gasteiger partial charge in [-0.1, -0.05) is 0 Å². The van der Waals surface area contributed by atoms with Crippen LogP contribution in [0, 0.1) is 0 Å². The summed E-state index contributed by atoms with van der Waals surface area (Å²) in [6.07, 6.45) is -3.51. The highest BCUT2D eigenvalue weighted by Crippen LogP contribution is 2.27. The molecule has 122 valence electrons. The molecule has 1 aromatic rings. The number of amides is 2. The molecule has 0 saturated carbocycles. The Morgan fingerprint density at radius 1 is 1.27 bits per heavy atom. The Kier molecular flexibility index (Phi) is 5.19. The Morgan fingerprint density at radius 2 is 1.95 bits per heavy atom. The third-order valence-electron chi connectivity index (χ3n) is 3.38. The number of hydrogen-bond acceptors (Lipinski definition) is 4. The largest absolute Gasteiger partial charge is 0.433 e. The highest BCUT2D eigenvalue weighted by atomic mass is 19.4. The summed E-state index contributed by atoms with van der Waals surface area (Å²) < 4.78 is 37.2. The second-order valence-electron chi connectivity index (χ2n) is 4.91. The maximum absolute atomic E-state index is 12.4. The lowest BCUT2D eigenvalue weighted by Crippen LogP contribution is -2.50. The minimum Gasteiger partial charge on any atom is -0.395 e. The second-order valence-corrected chi connectivity index (χ2v) is 4.91. The minimum atomic E-state index is -4.49. The van der Waals surface area contributed by atoms with Gasteiger partial charge in [0.25, 0.3) is 0 Å². The predicted octanol–water partition coefficient (Wildman–Crippen LogP) is 1.24. The first-order valence-corrected chi connectivity index (χ1v) is 6.82. The highest BCUT2D eigenvalue weighted by molar-refractivity contribution is 5.89. The van der Waals surface area contributed by atoms with Crippen molar-refractivity contribution < 1.29 is 23.1 Å². The number of carbonyl (C=O) groups excluding carboxylic acids is 1. The summed E-state index contributed by atoms with van der Waals surface area (Å²) in [5.41, 5.74) is -0.779. The Hall–Kier alpha value is -1.87. The van der Waals surface area contributed by atoms with Gasteiger partial charge in [-0.3, -0.25) is 4.90 Å². The van der Waals surface area contributed by atoms with Crippen LogP contribution in [0.3, 0.4) is 0 Å². The Balaban J connectivity index is 1.87. The Labute approximate surface area is 125 Å². The topological polar surface area (TPSA) is 68.7 Å². The summed E-state index contributed by atoms with van der Waals surface area (Å²) in [5.74, 6) is 0. The molecule has 0 aromatic carbocycles. The van der Waals surface area contributed by atoms with Gasteiger partial charge in [-0.15, -0.1) is 0 Å². The van der Waals surface area contributed by atoms with Crippen LogP contribution < -0.4 is 5.32 Å². The number of carbonyl (C=O) groups is 1. The Bertz CT molecular complexity index is 499. The van der Waals surface area contributed by atoms with Gasteiger partial charge < -0.3 is 15.3 Å². The van der Waals surface area contributed by atoms with Crippen molar-refractivity contribution in [3.63, 3.8) is 0 Å². The van der Waals surface area contributed by atoms with Crippen molar-refractivity contribution in [2.75, 3.05) is 44.6 Å². The number of piperazine rings is 1. The standard InChI is InChI=1S/C13H17F3N4O2/c14-13(15,16)11-2-1-10(9-17-11)18-12(22)20-5-3-19(4-6-20)7-8-21/h1-2,9,21H,3-8H2,(H,18,22). The van der Waals surface area contributed by atoms with Gasteiger partial charge in [-0.25, -0.2) is 9.78 Å². The smallest absolute Gasteiger partial charge is 0.395 e. The molecule has 22 heavy (non-hydrogen) atoms. The quantitative estimate of drug-likeness (QED) is 0.880. The normalized spacial score (nSPS) is 16.6. The maximum atomic E-state index is 12.4. The van der Waals surface area contributed by atoms with E-state index in [-0.39, 0.29) is 18.3 Å². The lowest BCUT2D eigenvalue weighted by molar-refractivity contribution is -0.141. The van der Waals surface area contributed by atoms with Gasteiger partial charge in [-0.05, 0) is 12.1 Å². The Morgan fingerprint density at radius 3 is 2.45 bits per heavy atom. The summed E-state index contributed by atoms with van der Waals surface area (Å²) >= 11 is 0. The van der Waals surface area contributed by atoms with Crippen molar-refractivity contribution in [1.82, 2.24) is 14.8 Å². The average Bonchev–Trinajstić information content (AvgIpc) is 2.48. The van der Waals surface area contributed by atoms with Crippen LogP contribution in [-0.4, -0.2) is 65.3 Å². The van der Waals surface area contributed by atoms with Gasteiger partial charge in [0, 0.05) is 32.7 Å². The zero-order valence-corrected chi connectivity index (χ0v) is 11.8. The number of nitrogens with one attached hydrogen (secondary N) is 1. The molecule has 0 atom stereocenters. The number of halogens is 3. The van der Waals surface area contributed by atoms with Gasteiger partial charge in [-0.2, -0.15) is 13.2 Å². The third kappa shape index (κ3) is 4.31. The van der Waals surface area contributed by atoms with E-state index in [4.69, 9.17) is 5.11 Å². The molecule has 0 spiro atoms. The molecule has 0 aliphatic carbocycles. The van der Waals surface area contributed by atoms with Crippen molar-refractivity contribution in [2.24, 2.45) is 0 Å². The summed E-state index contributed by atoms with van der Waals surface area (Å²) in [7, 11) is 0. The molecule has 2 N–H and O–H groups in total. The number of rotatable bonds is 3. The first-order chi connectivity index (χ1) is 10.4. The van der Waals surface area contributed by atoms with Crippen molar-refractivity contribution in [3.8, 4) is 0 Å². The minimum absolute atomic E-state index is 0.0728. The number of aromatic nitrogens is 1. The van der Waals surface area contributed by atoms with Crippen molar-refractivity contribution in [2.45, 2.75) is 6.18 Å². The first kappa shape index (κ1) is 16.5. The molecule has 9 heteroatoms. The maximum Gasteiger partial charge on any atom is 0.433 e. The van der Waals surface area contributed by atoms with E-state index in [2.05, 4.69) is 10.3 Å². The zero-order valence-electron chi connectivity index (χ0n) is 11.8. The van der Waals surface area contributed by atoms with Crippen LogP contribution in [0.2, 0.25) is 0 Å². The summed E-state index contributed by atoms with van der Waals surface area (Å²) in [6, 6.07) is 1.63. The average molecular weight is 318 g/mol. The number of pyridine rings is 1. The van der Waals surface area contributed by atoms with Crippen LogP contribution in [0.5, 0.6) is 0 Å². The number of aliphatic hydroxyl groups excluding tert-OH is 1. The van der Waals surface area contributed by atoms with E-state index in [1.807, 2.05) is 4.90 Å². The fourth-order valence-corrected chi connectivity index (χ4v) is 2.15. The molecule has 1 fully saturated rings. The van der Waals surface area contributed by atoms with E-state index < -0.39 is 11.9 Å². The molecule has 1 aliphatic rings. The molecular weight excluding hydrogens is 301 g/mol. The summed E-state index contributed by atoms with van der Waals surface area (Å²) in [5, 5.41) is 11.4. The predicted molar refractivity (Wildman–Crippen MR) is 73.4 cm³/mol. The lowest BCUT2D eigenvalue weighted by Gasteiger charge is -2.34. The zero-order chi connectivity index (χ0) is 16.2. The first-order valence-electron chi connectivity index (χ1n) is 6.82. The molecule has 2 rings (SSSR count). The molecule has 1 aromatic heterocycles. The summed E-state index contributed by atoms with van der Waals surface area (Å²) in [4.78, 5) is 18.9. The SMILES string of the molecule is O=C(Nc1ccc(C(F)(F)F)nc1)N1CCN(CCO)CC1. The molecular formula is C13H17F3N4O2. The third-order valence-corrected chi connectivity index (χ3v) is 3.38. The monoisotopic (exact) mass is 318 g/mol. The molecule has 0 radical (unpaired) electrons. The van der Waals surface area contributed by atoms with E-state index in [1.165, 1.54) is 6.07 Å². The molecule has 0 unspecified atom stereocenters. The van der Waals surface area contributed by atoms with Gasteiger partial charge in [0.15, 0.2) is 0 Å². The van der Waals surface area contributed by atoms with Gasteiger partial charge in [0.1, 0.15) is 5.69 Å². The van der Waals surface area contributed by atoms with Crippen molar-refractivity contribution >= 4 is 11.7 Å². The van der Waals surface area contributed by atoms with Gasteiger partial charge >= 0.3 is 12.2 Å². The van der Waals surface area contributed by atoms with Crippen LogP contribution in [0.15, 0.2) is 18.3 Å². The van der Waals surface area contributed by atoms with Crippen LogP contribution in [0.1, 0.15) is 5.69 Å². The lowest BCUT2D eigenvalue weighted by atomic mass is 10.3. The molecule has 0 bridgehead atoms. The molecule has 1 aliphatic heterocycles. The van der Waals surface area contributed by atoms with Crippen LogP contribution >= 0.6 is 0 Å². The van der Waals surface area contributed by atoms with Gasteiger partial charge in [0.05, 0.1) is 18.5 Å². The molecule has 2 heterocycles. The van der Waals surface area contributed by atoms with Crippen LogP contribution in [0.25, 0.3) is 0 Å². The van der Waals surface area contributed by atoms with Crippen molar-refractivity contribution in [3.05, 3.63) is 24.0 Å². The van der Waals surface area contributed by atoms with E-state index in [1.54, 1.807) is 4.90 Å². The van der Waals surface area contributed by atoms with Crippen molar-refractivity contribution in [1.29, 1.82) is 0 Å². The second kappa shape index (κ2) is 6.93. The fraction of sp³-hybridized carbons (Fsp3) is 0.538. The number of hydrogen-bond donors (Lipinski definition) is 2. The van der Waals surface area contributed by atoms with Crippen LogP contribution in [0.4, 0.5) is 23.7 Å².